The van der Waals surface area contributed by atoms with E-state index in [2.05, 4.69) is 48.5 Å². The van der Waals surface area contributed by atoms with Crippen molar-refractivity contribution in [2.24, 2.45) is 5.92 Å². The number of aromatic nitrogens is 2. The maximum atomic E-state index is 13.1. The van der Waals surface area contributed by atoms with Crippen molar-refractivity contribution < 1.29 is 9.53 Å². The number of carbonyl (C=O) groups is 1. The van der Waals surface area contributed by atoms with Gasteiger partial charge in [0.2, 0.25) is 0 Å². The number of ether oxygens (including phenoxy) is 1. The minimum absolute atomic E-state index is 0.0567. The fraction of sp³-hybridized carbons (Fsp3) is 0.524. The van der Waals surface area contributed by atoms with Crippen molar-refractivity contribution in [3.05, 3.63) is 47.7 Å². The monoisotopic (exact) mass is 368 g/mol. The normalized spacial score (nSPS) is 24.9. The molecule has 0 aliphatic carbocycles. The summed E-state index contributed by atoms with van der Waals surface area (Å²) in [4.78, 5) is 15.1. The third kappa shape index (κ3) is 3.46. The van der Waals surface area contributed by atoms with Gasteiger partial charge < -0.3 is 9.64 Å². The molecule has 0 spiro atoms. The second-order valence-corrected chi connectivity index (χ2v) is 7.90. The Morgan fingerprint density at radius 2 is 2.07 bits per heavy atom. The van der Waals surface area contributed by atoms with Crippen molar-refractivity contribution in [3.63, 3.8) is 0 Å². The number of anilines is 1. The molecule has 27 heavy (non-hydrogen) atoms. The number of hydrogen-bond acceptors (Lipinski definition) is 3. The van der Waals surface area contributed by atoms with Crippen LogP contribution >= 0.6 is 0 Å². The van der Waals surface area contributed by atoms with Gasteiger partial charge in [-0.15, -0.1) is 0 Å². The summed E-state index contributed by atoms with van der Waals surface area (Å²) >= 11 is 0. The first-order valence-corrected chi connectivity index (χ1v) is 9.81. The Balaban J connectivity index is 1.53. The van der Waals surface area contributed by atoms with Crippen LogP contribution in [0.5, 0.6) is 0 Å². The summed E-state index contributed by atoms with van der Waals surface area (Å²) in [5.74, 6) is 1.29. The van der Waals surface area contributed by atoms with E-state index in [1.807, 2.05) is 28.6 Å². The molecule has 1 aromatic carbocycles. The first kappa shape index (κ1) is 18.0. The van der Waals surface area contributed by atoms with Gasteiger partial charge in [0.1, 0.15) is 0 Å². The molecule has 3 heterocycles. The van der Waals surface area contributed by atoms with Gasteiger partial charge in [-0.1, -0.05) is 30.3 Å². The number of hydrogen-bond donors (Lipinski definition) is 1. The molecule has 6 heteroatoms. The van der Waals surface area contributed by atoms with E-state index < -0.39 is 0 Å². The molecule has 0 saturated carbocycles. The van der Waals surface area contributed by atoms with Crippen LogP contribution in [0.25, 0.3) is 0 Å². The fourth-order valence-electron chi connectivity index (χ4n) is 4.54. The zero-order chi connectivity index (χ0) is 19.0. The Morgan fingerprint density at radius 1 is 1.30 bits per heavy atom. The maximum absolute atomic E-state index is 13.1. The van der Waals surface area contributed by atoms with Crippen LogP contribution in [0.1, 0.15) is 43.5 Å². The third-order valence-corrected chi connectivity index (χ3v) is 5.81. The molecule has 0 radical (unpaired) electrons. The van der Waals surface area contributed by atoms with E-state index in [0.29, 0.717) is 24.3 Å². The molecule has 4 rings (SSSR count). The Labute approximate surface area is 160 Å². The quantitative estimate of drug-likeness (QED) is 0.896. The molecule has 2 aromatic rings. The number of aryl methyl sites for hydroxylation is 1. The number of amides is 2. The van der Waals surface area contributed by atoms with Crippen molar-refractivity contribution >= 4 is 11.8 Å². The summed E-state index contributed by atoms with van der Waals surface area (Å²) in [5, 5.41) is 7.55. The third-order valence-electron chi connectivity index (χ3n) is 5.81. The van der Waals surface area contributed by atoms with E-state index in [1.54, 1.807) is 0 Å². The first-order valence-electron chi connectivity index (χ1n) is 9.81. The van der Waals surface area contributed by atoms with Crippen LogP contribution in [0.15, 0.2) is 36.4 Å². The highest BCUT2D eigenvalue weighted by atomic mass is 16.5. The molecule has 2 aliphatic rings. The number of rotatable bonds is 3. The van der Waals surface area contributed by atoms with Crippen molar-refractivity contribution in [2.75, 3.05) is 25.1 Å². The van der Waals surface area contributed by atoms with Gasteiger partial charge in [-0.05, 0) is 32.8 Å². The second kappa shape index (κ2) is 7.35. The number of carbonyl (C=O) groups excluding carboxylic acids is 1. The van der Waals surface area contributed by atoms with Crippen LogP contribution in [-0.4, -0.2) is 46.5 Å². The fourth-order valence-corrected chi connectivity index (χ4v) is 4.54. The molecular formula is C21H28N4O2. The minimum Gasteiger partial charge on any atom is -0.381 e. The van der Waals surface area contributed by atoms with Gasteiger partial charge in [-0.2, -0.15) is 5.10 Å². The minimum atomic E-state index is -0.0567. The van der Waals surface area contributed by atoms with Gasteiger partial charge in [0.15, 0.2) is 5.82 Å². The van der Waals surface area contributed by atoms with Crippen LogP contribution in [0.3, 0.4) is 0 Å². The van der Waals surface area contributed by atoms with Crippen LogP contribution < -0.4 is 5.32 Å². The molecule has 2 aliphatic heterocycles. The van der Waals surface area contributed by atoms with Gasteiger partial charge in [-0.3, -0.25) is 10.00 Å². The van der Waals surface area contributed by atoms with E-state index in [9.17, 15) is 4.79 Å². The van der Waals surface area contributed by atoms with Gasteiger partial charge in [0.25, 0.3) is 0 Å². The average molecular weight is 368 g/mol. The number of nitrogens with zero attached hydrogens (tertiary/aromatic N) is 3. The molecule has 2 amide bonds. The smallest absolute Gasteiger partial charge is 0.323 e. The van der Waals surface area contributed by atoms with E-state index in [-0.39, 0.29) is 18.1 Å². The first-order chi connectivity index (χ1) is 13.0. The van der Waals surface area contributed by atoms with Crippen molar-refractivity contribution in [2.45, 2.75) is 45.2 Å². The molecule has 6 nitrogen and oxygen atoms in total. The van der Waals surface area contributed by atoms with Crippen molar-refractivity contribution in [1.29, 1.82) is 0 Å². The molecular weight excluding hydrogens is 340 g/mol. The number of fused-ring (bicyclic) bond motifs is 1. The summed E-state index contributed by atoms with van der Waals surface area (Å²) in [5.41, 5.74) is 2.33. The lowest BCUT2D eigenvalue weighted by atomic mass is 9.84. The predicted molar refractivity (Wildman–Crippen MR) is 105 cm³/mol. The summed E-state index contributed by atoms with van der Waals surface area (Å²) in [7, 11) is 0. The molecule has 1 N–H and O–H groups in total. The highest BCUT2D eigenvalue weighted by molar-refractivity contribution is 5.89. The highest BCUT2D eigenvalue weighted by Gasteiger charge is 2.46. The lowest BCUT2D eigenvalue weighted by molar-refractivity contribution is 0.0272. The van der Waals surface area contributed by atoms with Gasteiger partial charge >= 0.3 is 6.03 Å². The largest absolute Gasteiger partial charge is 0.381 e. The number of nitrogens with one attached hydrogen (secondary N) is 1. The Kier molecular flexibility index (Phi) is 4.91. The molecule has 0 unspecified atom stereocenters. The second-order valence-electron chi connectivity index (χ2n) is 7.90. The zero-order valence-electron chi connectivity index (χ0n) is 16.3. The summed E-state index contributed by atoms with van der Waals surface area (Å²) in [6.45, 7) is 8.34. The molecule has 144 valence electrons. The molecule has 1 aromatic heterocycles. The van der Waals surface area contributed by atoms with E-state index in [1.165, 1.54) is 5.56 Å². The molecule has 3 atom stereocenters. The standard InChI is InChI=1S/C21H28N4O2/c1-14(2)25-15(3)11-20(23-25)22-21(26)24-12-17(16-7-5-4-6-8-16)18-13-27-10-9-19(18)24/h4-8,11,14,17-19H,9-10,12-13H2,1-3H3,(H,22,23,26)/t17-,18-,19+/m1/s1. The van der Waals surface area contributed by atoms with Crippen molar-refractivity contribution in [3.8, 4) is 0 Å². The highest BCUT2D eigenvalue weighted by Crippen LogP contribution is 2.41. The van der Waals surface area contributed by atoms with Gasteiger partial charge in [0, 0.05) is 48.8 Å². The van der Waals surface area contributed by atoms with Gasteiger partial charge in [0.05, 0.1) is 6.61 Å². The van der Waals surface area contributed by atoms with E-state index >= 15 is 0 Å². The number of benzene rings is 1. The predicted octanol–water partition coefficient (Wildman–Crippen LogP) is 3.81. The SMILES string of the molecule is Cc1cc(NC(=O)N2C[C@H](c3ccccc3)[C@H]3COCC[C@@H]32)nn1C(C)C. The zero-order valence-corrected chi connectivity index (χ0v) is 16.3. The van der Waals surface area contributed by atoms with Crippen LogP contribution in [0.2, 0.25) is 0 Å². The van der Waals surface area contributed by atoms with E-state index in [4.69, 9.17) is 4.74 Å². The number of urea groups is 1. The number of likely N-dealkylation sites (tertiary alicyclic amines) is 1. The lowest BCUT2D eigenvalue weighted by Crippen LogP contribution is -2.44. The Hall–Kier alpha value is -2.34. The summed E-state index contributed by atoms with van der Waals surface area (Å²) in [6, 6.07) is 12.9. The van der Waals surface area contributed by atoms with Crippen LogP contribution in [0.4, 0.5) is 10.6 Å². The summed E-state index contributed by atoms with van der Waals surface area (Å²) < 4.78 is 7.69. The lowest BCUT2D eigenvalue weighted by Gasteiger charge is -2.32. The maximum Gasteiger partial charge on any atom is 0.323 e. The average Bonchev–Trinajstić information content (AvgIpc) is 3.23. The van der Waals surface area contributed by atoms with Gasteiger partial charge in [-0.25, -0.2) is 4.79 Å². The Morgan fingerprint density at radius 3 is 2.78 bits per heavy atom. The van der Waals surface area contributed by atoms with Crippen molar-refractivity contribution in [1.82, 2.24) is 14.7 Å². The molecule has 2 saturated heterocycles. The van der Waals surface area contributed by atoms with Crippen LogP contribution in [0, 0.1) is 12.8 Å². The molecule has 0 bridgehead atoms. The topological polar surface area (TPSA) is 59.4 Å². The van der Waals surface area contributed by atoms with Crippen LogP contribution in [-0.2, 0) is 4.74 Å². The molecule has 2 fully saturated rings. The van der Waals surface area contributed by atoms with E-state index in [0.717, 1.165) is 25.3 Å². The Bertz CT molecular complexity index is 802. The summed E-state index contributed by atoms with van der Waals surface area (Å²) in [6.07, 6.45) is 0.890.